The third kappa shape index (κ3) is 3.35. The van der Waals surface area contributed by atoms with Crippen LogP contribution in [-0.4, -0.2) is 21.5 Å². The third-order valence-electron chi connectivity index (χ3n) is 4.55. The molecule has 0 spiro atoms. The number of hydrogen-bond donors (Lipinski definition) is 1. The highest BCUT2D eigenvalue weighted by molar-refractivity contribution is 7.81. The topological polar surface area (TPSA) is 55.6 Å². The first-order valence-corrected chi connectivity index (χ1v) is 8.83. The van der Waals surface area contributed by atoms with E-state index in [2.05, 4.69) is 19.1 Å². The van der Waals surface area contributed by atoms with Crippen molar-refractivity contribution < 1.29 is 9.53 Å². The first-order valence-electron chi connectivity index (χ1n) is 8.43. The zero-order chi connectivity index (χ0) is 19.3. The fraction of sp³-hybridized carbons (Fsp3) is 0.500. The highest BCUT2D eigenvalue weighted by Gasteiger charge is 2.46. The van der Waals surface area contributed by atoms with Gasteiger partial charge in [0, 0.05) is 0 Å². The van der Waals surface area contributed by atoms with Gasteiger partial charge in [-0.25, -0.2) is 5.84 Å². The van der Waals surface area contributed by atoms with Gasteiger partial charge in [-0.15, -0.1) is 0 Å². The zero-order valence-electron chi connectivity index (χ0n) is 16.4. The van der Waals surface area contributed by atoms with Crippen LogP contribution in [0.4, 0.5) is 0 Å². The van der Waals surface area contributed by atoms with Gasteiger partial charge in [0.05, 0.1) is 11.0 Å². The maximum Gasteiger partial charge on any atom is 0.316 e. The summed E-state index contributed by atoms with van der Waals surface area (Å²) in [6, 6.07) is 4.21. The van der Waals surface area contributed by atoms with Crippen molar-refractivity contribution in [3.8, 4) is 0 Å². The minimum absolute atomic E-state index is 0.298. The standard InChI is InChI=1S/C20H28N2O2S/c1-11-9-12(2)14(13(3)10-11)15-16(24-18(23)19(4,5)6)20(7,8)22(21)17(15)25/h9-10H,21H2,1-8H3. The fourth-order valence-corrected chi connectivity index (χ4v) is 3.53. The van der Waals surface area contributed by atoms with Crippen LogP contribution in [0.2, 0.25) is 0 Å². The molecule has 0 bridgehead atoms. The third-order valence-corrected chi connectivity index (χ3v) is 4.95. The van der Waals surface area contributed by atoms with Gasteiger partial charge in [0.15, 0.2) is 0 Å². The number of nitrogens with two attached hydrogens (primary N) is 1. The van der Waals surface area contributed by atoms with Crippen molar-refractivity contribution in [3.63, 3.8) is 0 Å². The van der Waals surface area contributed by atoms with Crippen molar-refractivity contribution in [1.82, 2.24) is 5.01 Å². The van der Waals surface area contributed by atoms with Crippen LogP contribution in [0.25, 0.3) is 5.57 Å². The van der Waals surface area contributed by atoms with Crippen LogP contribution >= 0.6 is 12.2 Å². The summed E-state index contributed by atoms with van der Waals surface area (Å²) in [6.45, 7) is 15.5. The molecule has 5 heteroatoms. The van der Waals surface area contributed by atoms with E-state index >= 15 is 0 Å². The predicted molar refractivity (Wildman–Crippen MR) is 106 cm³/mol. The van der Waals surface area contributed by atoms with E-state index in [-0.39, 0.29) is 5.97 Å². The Balaban J connectivity index is 2.74. The highest BCUT2D eigenvalue weighted by Crippen LogP contribution is 2.42. The molecule has 1 heterocycles. The lowest BCUT2D eigenvalue weighted by molar-refractivity contribution is -0.149. The monoisotopic (exact) mass is 360 g/mol. The molecular weight excluding hydrogens is 332 g/mol. The van der Waals surface area contributed by atoms with Gasteiger partial charge >= 0.3 is 5.97 Å². The average Bonchev–Trinajstić information content (AvgIpc) is 2.60. The number of nitrogens with zero attached hydrogens (tertiary/aromatic N) is 1. The predicted octanol–water partition coefficient (Wildman–Crippen LogP) is 4.21. The second-order valence-corrected chi connectivity index (χ2v) is 8.74. The lowest BCUT2D eigenvalue weighted by atomic mass is 9.91. The number of rotatable bonds is 2. The molecule has 1 aromatic rings. The molecule has 0 aromatic heterocycles. The largest absolute Gasteiger partial charge is 0.427 e. The highest BCUT2D eigenvalue weighted by atomic mass is 32.1. The zero-order valence-corrected chi connectivity index (χ0v) is 17.2. The summed E-state index contributed by atoms with van der Waals surface area (Å²) >= 11 is 5.62. The molecule has 1 aliphatic heterocycles. The molecule has 1 aliphatic rings. The lowest BCUT2D eigenvalue weighted by Crippen LogP contribution is -2.48. The molecule has 0 aliphatic carbocycles. The number of benzene rings is 1. The minimum Gasteiger partial charge on any atom is -0.427 e. The molecule has 0 saturated carbocycles. The Labute approximate surface area is 156 Å². The van der Waals surface area contributed by atoms with Crippen molar-refractivity contribution in [1.29, 1.82) is 0 Å². The van der Waals surface area contributed by atoms with E-state index < -0.39 is 11.0 Å². The van der Waals surface area contributed by atoms with E-state index in [1.165, 1.54) is 10.6 Å². The summed E-state index contributed by atoms with van der Waals surface area (Å²) in [5.74, 6) is 6.47. The first-order chi connectivity index (χ1) is 11.3. The van der Waals surface area contributed by atoms with Gasteiger partial charge < -0.3 is 4.74 Å². The molecule has 1 aromatic carbocycles. The van der Waals surface area contributed by atoms with Crippen molar-refractivity contribution in [2.45, 2.75) is 60.9 Å². The quantitative estimate of drug-likeness (QED) is 0.486. The molecule has 4 nitrogen and oxygen atoms in total. The smallest absolute Gasteiger partial charge is 0.316 e. The van der Waals surface area contributed by atoms with Gasteiger partial charge in [-0.05, 0) is 72.1 Å². The number of carbonyl (C=O) groups is 1. The van der Waals surface area contributed by atoms with E-state index in [1.54, 1.807) is 0 Å². The van der Waals surface area contributed by atoms with Gasteiger partial charge in [0.25, 0.3) is 0 Å². The Morgan fingerprint density at radius 3 is 2.08 bits per heavy atom. The molecule has 25 heavy (non-hydrogen) atoms. The Morgan fingerprint density at radius 1 is 1.16 bits per heavy atom. The van der Waals surface area contributed by atoms with Gasteiger partial charge in [0.2, 0.25) is 0 Å². The molecule has 136 valence electrons. The molecule has 0 atom stereocenters. The summed E-state index contributed by atoms with van der Waals surface area (Å²) in [4.78, 5) is 13.1. The number of hydrazine groups is 1. The van der Waals surface area contributed by atoms with Crippen LogP contribution in [0.5, 0.6) is 0 Å². The van der Waals surface area contributed by atoms with E-state index in [0.29, 0.717) is 10.7 Å². The Morgan fingerprint density at radius 2 is 1.64 bits per heavy atom. The molecular formula is C20H28N2O2S. The lowest BCUT2D eigenvalue weighted by Gasteiger charge is -2.31. The molecule has 2 N–H and O–H groups in total. The molecule has 2 rings (SSSR count). The van der Waals surface area contributed by atoms with Gasteiger partial charge in [-0.3, -0.25) is 9.80 Å². The Hall–Kier alpha value is -1.72. The number of aryl methyl sites for hydroxylation is 3. The Bertz CT molecular complexity index is 762. The fourth-order valence-electron chi connectivity index (χ4n) is 3.10. The molecule has 0 amide bonds. The van der Waals surface area contributed by atoms with Crippen molar-refractivity contribution in [2.24, 2.45) is 11.3 Å². The SMILES string of the molecule is Cc1cc(C)c(C2=C(OC(=O)C(C)(C)C)C(C)(C)N(N)C2=S)c(C)c1. The van der Waals surface area contributed by atoms with Crippen LogP contribution in [0.15, 0.2) is 17.9 Å². The number of ether oxygens (including phenoxy) is 1. The van der Waals surface area contributed by atoms with E-state index in [1.807, 2.05) is 48.5 Å². The second-order valence-electron chi connectivity index (χ2n) is 8.35. The maximum absolute atomic E-state index is 12.6. The van der Waals surface area contributed by atoms with Gasteiger partial charge in [-0.1, -0.05) is 29.9 Å². The second kappa shape index (κ2) is 6.22. The van der Waals surface area contributed by atoms with E-state index in [0.717, 1.165) is 22.3 Å². The Kier molecular flexibility index (Phi) is 4.88. The normalized spacial score (nSPS) is 17.3. The summed E-state index contributed by atoms with van der Waals surface area (Å²) in [5, 5.41) is 1.52. The van der Waals surface area contributed by atoms with Crippen LogP contribution in [0.3, 0.4) is 0 Å². The molecule has 0 radical (unpaired) electrons. The number of carbonyl (C=O) groups excluding carboxylic acids is 1. The van der Waals surface area contributed by atoms with Crippen molar-refractivity contribution in [3.05, 3.63) is 40.1 Å². The van der Waals surface area contributed by atoms with E-state index in [9.17, 15) is 4.79 Å². The van der Waals surface area contributed by atoms with Crippen LogP contribution in [0.1, 0.15) is 56.9 Å². The minimum atomic E-state index is -0.697. The van der Waals surface area contributed by atoms with Crippen LogP contribution in [0, 0.1) is 26.2 Å². The van der Waals surface area contributed by atoms with E-state index in [4.69, 9.17) is 22.8 Å². The molecule has 0 fully saturated rings. The van der Waals surface area contributed by atoms with Gasteiger partial charge in [0.1, 0.15) is 16.3 Å². The van der Waals surface area contributed by atoms with Gasteiger partial charge in [-0.2, -0.15) is 0 Å². The summed E-state index contributed by atoms with van der Waals surface area (Å²) in [6.07, 6.45) is 0. The maximum atomic E-state index is 12.6. The average molecular weight is 361 g/mol. The molecule has 0 unspecified atom stereocenters. The summed E-state index contributed by atoms with van der Waals surface area (Å²) in [7, 11) is 0. The summed E-state index contributed by atoms with van der Waals surface area (Å²) < 4.78 is 5.87. The number of esters is 1. The van der Waals surface area contributed by atoms with Crippen LogP contribution in [-0.2, 0) is 9.53 Å². The summed E-state index contributed by atoms with van der Waals surface area (Å²) in [5.41, 5.74) is 3.78. The number of hydrogen-bond acceptors (Lipinski definition) is 4. The first kappa shape index (κ1) is 19.6. The van der Waals surface area contributed by atoms with Crippen LogP contribution < -0.4 is 5.84 Å². The molecule has 0 saturated heterocycles. The van der Waals surface area contributed by atoms with Crippen molar-refractivity contribution in [2.75, 3.05) is 0 Å². The van der Waals surface area contributed by atoms with Crippen molar-refractivity contribution >= 4 is 28.7 Å². The number of thiocarbonyl (C=S) groups is 1.